The molecule has 1 unspecified atom stereocenters. The Kier molecular flexibility index (Phi) is 3.58. The Balaban J connectivity index is 1.96. The first-order valence-corrected chi connectivity index (χ1v) is 6.64. The van der Waals surface area contributed by atoms with Gasteiger partial charge in [0, 0.05) is 11.8 Å². The van der Waals surface area contributed by atoms with Crippen LogP contribution in [0, 0.1) is 0 Å². The molecule has 0 spiro atoms. The van der Waals surface area contributed by atoms with Crippen molar-refractivity contribution in [2.24, 2.45) is 0 Å². The largest absolute Gasteiger partial charge is 0.423 e. The number of rotatable bonds is 1. The summed E-state index contributed by atoms with van der Waals surface area (Å²) in [7, 11) is 0. The van der Waals surface area contributed by atoms with Crippen LogP contribution in [0.1, 0.15) is 12.0 Å². The monoisotopic (exact) mass is 318 g/mol. The molecule has 22 heavy (non-hydrogen) atoms. The van der Waals surface area contributed by atoms with Gasteiger partial charge in [0.15, 0.2) is 0 Å². The Morgan fingerprint density at radius 3 is 2.73 bits per heavy atom. The van der Waals surface area contributed by atoms with Crippen molar-refractivity contribution in [1.29, 1.82) is 0 Å². The number of carbonyl (C=O) groups is 1. The molecule has 2 aliphatic heterocycles. The number of anilines is 1. The van der Waals surface area contributed by atoms with Crippen molar-refractivity contribution in [3.8, 4) is 0 Å². The number of β-amino-alcohol motifs (C(OH)–C–C–N with tert-alkyl or cyclic N) is 1. The van der Waals surface area contributed by atoms with Gasteiger partial charge < -0.3 is 14.6 Å². The first kappa shape index (κ1) is 15.2. The van der Waals surface area contributed by atoms with E-state index >= 15 is 0 Å². The van der Waals surface area contributed by atoms with Crippen LogP contribution in [-0.4, -0.2) is 48.2 Å². The highest BCUT2D eigenvalue weighted by molar-refractivity contribution is 5.97. The van der Waals surface area contributed by atoms with Gasteiger partial charge in [-0.3, -0.25) is 9.69 Å². The van der Waals surface area contributed by atoms with Gasteiger partial charge >= 0.3 is 6.18 Å². The fourth-order valence-electron chi connectivity index (χ4n) is 2.51. The third-order valence-corrected chi connectivity index (χ3v) is 3.64. The molecule has 3 rings (SSSR count). The normalized spacial score (nSPS) is 26.1. The Bertz CT molecular complexity index is 589. The molecule has 6 nitrogen and oxygen atoms in total. The first-order valence-electron chi connectivity index (χ1n) is 6.64. The van der Waals surface area contributed by atoms with Crippen molar-refractivity contribution in [3.05, 3.63) is 23.9 Å². The molecule has 2 aliphatic rings. The number of nitrogens with zero attached hydrogens (tertiary/aromatic N) is 2. The minimum Gasteiger partial charge on any atom is -0.375 e. The van der Waals surface area contributed by atoms with Gasteiger partial charge in [0.2, 0.25) is 11.9 Å². The van der Waals surface area contributed by atoms with Crippen LogP contribution in [0.15, 0.2) is 18.3 Å². The summed E-state index contributed by atoms with van der Waals surface area (Å²) in [6.07, 6.45) is -4.36. The van der Waals surface area contributed by atoms with Crippen molar-refractivity contribution in [1.82, 2.24) is 4.98 Å². The SMILES string of the molecule is O=C(C1OCCCO1)N1CC(O)(C(F)(F)F)c2cccnc21. The van der Waals surface area contributed by atoms with Crippen LogP contribution in [0.25, 0.3) is 0 Å². The molecule has 0 saturated carbocycles. The van der Waals surface area contributed by atoms with E-state index in [-0.39, 0.29) is 19.0 Å². The van der Waals surface area contributed by atoms with Crippen LogP contribution in [0.5, 0.6) is 0 Å². The van der Waals surface area contributed by atoms with Crippen LogP contribution in [-0.2, 0) is 19.9 Å². The molecule has 1 saturated heterocycles. The van der Waals surface area contributed by atoms with Gasteiger partial charge in [-0.05, 0) is 12.5 Å². The summed E-state index contributed by atoms with van der Waals surface area (Å²) in [5.74, 6) is -1.04. The van der Waals surface area contributed by atoms with Crippen LogP contribution < -0.4 is 4.90 Å². The minimum atomic E-state index is -4.94. The maximum absolute atomic E-state index is 13.2. The standard InChI is InChI=1S/C13H13F3N2O4/c14-13(15,16)12(20)7-18(9-8(12)3-1-4-17-9)10(19)11-21-5-2-6-22-11/h1,3-4,11,20H,2,5-7H2. The van der Waals surface area contributed by atoms with Gasteiger partial charge in [-0.25, -0.2) is 4.98 Å². The minimum absolute atomic E-state index is 0.231. The van der Waals surface area contributed by atoms with E-state index in [9.17, 15) is 23.1 Å². The maximum atomic E-state index is 13.2. The lowest BCUT2D eigenvalue weighted by atomic mass is 9.97. The van der Waals surface area contributed by atoms with Crippen LogP contribution in [0.2, 0.25) is 0 Å². The number of ether oxygens (including phenoxy) is 2. The molecular weight excluding hydrogens is 305 g/mol. The Hall–Kier alpha value is -1.71. The Labute approximate surface area is 123 Å². The molecule has 0 radical (unpaired) electrons. The van der Waals surface area contributed by atoms with E-state index < -0.39 is 36.1 Å². The molecule has 1 aromatic heterocycles. The second kappa shape index (κ2) is 5.18. The van der Waals surface area contributed by atoms with Gasteiger partial charge in [0.1, 0.15) is 5.82 Å². The number of pyridine rings is 1. The van der Waals surface area contributed by atoms with Crippen molar-refractivity contribution >= 4 is 11.7 Å². The lowest BCUT2D eigenvalue weighted by Crippen LogP contribution is -2.50. The molecular formula is C13H13F3N2O4. The Morgan fingerprint density at radius 1 is 1.41 bits per heavy atom. The van der Waals surface area contributed by atoms with Crippen LogP contribution in [0.4, 0.5) is 19.0 Å². The fraction of sp³-hybridized carbons (Fsp3) is 0.538. The highest BCUT2D eigenvalue weighted by Gasteiger charge is 2.62. The van der Waals surface area contributed by atoms with Crippen LogP contribution >= 0.6 is 0 Å². The molecule has 0 bridgehead atoms. The van der Waals surface area contributed by atoms with Crippen molar-refractivity contribution in [3.63, 3.8) is 0 Å². The second-order valence-corrected chi connectivity index (χ2v) is 5.08. The molecule has 1 N–H and O–H groups in total. The highest BCUT2D eigenvalue weighted by atomic mass is 19.4. The van der Waals surface area contributed by atoms with E-state index in [0.29, 0.717) is 6.42 Å². The van der Waals surface area contributed by atoms with E-state index in [1.54, 1.807) is 0 Å². The zero-order chi connectivity index (χ0) is 16.0. The third kappa shape index (κ3) is 2.25. The molecule has 0 aromatic carbocycles. The summed E-state index contributed by atoms with van der Waals surface area (Å²) in [5.41, 5.74) is -3.60. The van der Waals surface area contributed by atoms with E-state index in [1.807, 2.05) is 0 Å². The molecule has 120 valence electrons. The number of carbonyl (C=O) groups excluding carboxylic acids is 1. The van der Waals surface area contributed by atoms with Gasteiger partial charge in [-0.1, -0.05) is 6.07 Å². The van der Waals surface area contributed by atoms with Crippen LogP contribution in [0.3, 0.4) is 0 Å². The molecule has 3 heterocycles. The number of alkyl halides is 3. The predicted molar refractivity (Wildman–Crippen MR) is 66.9 cm³/mol. The van der Waals surface area contributed by atoms with E-state index in [0.717, 1.165) is 11.0 Å². The topological polar surface area (TPSA) is 71.9 Å². The average molecular weight is 318 g/mol. The number of hydrogen-bond acceptors (Lipinski definition) is 5. The molecule has 1 amide bonds. The lowest BCUT2D eigenvalue weighted by molar-refractivity contribution is -0.259. The van der Waals surface area contributed by atoms with Gasteiger partial charge in [0.25, 0.3) is 5.91 Å². The smallest absolute Gasteiger partial charge is 0.375 e. The average Bonchev–Trinajstić information content (AvgIpc) is 2.82. The number of aliphatic hydroxyl groups is 1. The Morgan fingerprint density at radius 2 is 2.09 bits per heavy atom. The van der Waals surface area contributed by atoms with Gasteiger partial charge in [0.05, 0.1) is 19.8 Å². The fourth-order valence-corrected chi connectivity index (χ4v) is 2.51. The summed E-state index contributed by atoms with van der Waals surface area (Å²) >= 11 is 0. The molecule has 1 aromatic rings. The zero-order valence-electron chi connectivity index (χ0n) is 11.3. The first-order chi connectivity index (χ1) is 10.3. The maximum Gasteiger partial charge on any atom is 0.423 e. The molecule has 1 fully saturated rings. The number of fused-ring (bicyclic) bond motifs is 1. The van der Waals surface area contributed by atoms with Crippen molar-refractivity contribution in [2.45, 2.75) is 24.5 Å². The van der Waals surface area contributed by atoms with Gasteiger partial charge in [-0.2, -0.15) is 13.2 Å². The number of aromatic nitrogens is 1. The molecule has 9 heteroatoms. The zero-order valence-corrected chi connectivity index (χ0v) is 11.3. The molecule has 0 aliphatic carbocycles. The van der Waals surface area contributed by atoms with Crippen molar-refractivity contribution in [2.75, 3.05) is 24.7 Å². The number of halogens is 3. The quantitative estimate of drug-likeness (QED) is 0.834. The number of amides is 1. The van der Waals surface area contributed by atoms with E-state index in [4.69, 9.17) is 9.47 Å². The van der Waals surface area contributed by atoms with Crippen molar-refractivity contribution < 1.29 is 32.5 Å². The predicted octanol–water partition coefficient (Wildman–Crippen LogP) is 0.941. The summed E-state index contributed by atoms with van der Waals surface area (Å²) < 4.78 is 49.9. The third-order valence-electron chi connectivity index (χ3n) is 3.64. The summed E-state index contributed by atoms with van der Waals surface area (Å²) in [5, 5.41) is 10.1. The second-order valence-electron chi connectivity index (χ2n) is 5.08. The summed E-state index contributed by atoms with van der Waals surface area (Å²) in [4.78, 5) is 16.9. The van der Waals surface area contributed by atoms with E-state index in [1.165, 1.54) is 12.3 Å². The highest BCUT2D eigenvalue weighted by Crippen LogP contribution is 2.47. The summed E-state index contributed by atoms with van der Waals surface area (Å²) in [6.45, 7) is -0.406. The van der Waals surface area contributed by atoms with Gasteiger partial charge in [-0.15, -0.1) is 0 Å². The lowest BCUT2D eigenvalue weighted by Gasteiger charge is -2.29. The summed E-state index contributed by atoms with van der Waals surface area (Å²) in [6, 6.07) is 2.38. The van der Waals surface area contributed by atoms with E-state index in [2.05, 4.69) is 4.98 Å². The molecule has 1 atom stereocenters. The number of hydrogen-bond donors (Lipinski definition) is 1.